The molecule has 1 aliphatic heterocycles. The molecule has 2 aromatic carbocycles. The highest BCUT2D eigenvalue weighted by Gasteiger charge is 2.38. The van der Waals surface area contributed by atoms with Gasteiger partial charge in [-0.2, -0.15) is 13.2 Å². The molecule has 0 aromatic heterocycles. The van der Waals surface area contributed by atoms with Gasteiger partial charge in [0.15, 0.2) is 0 Å². The van der Waals surface area contributed by atoms with Gasteiger partial charge in [-0.3, -0.25) is 4.90 Å². The Bertz CT molecular complexity index is 1070. The average Bonchev–Trinajstić information content (AvgIpc) is 2.78. The lowest BCUT2D eigenvalue weighted by atomic mass is 9.95. The maximum absolute atomic E-state index is 13.9. The van der Waals surface area contributed by atoms with Gasteiger partial charge in [0, 0.05) is 22.2 Å². The third-order valence-corrected chi connectivity index (χ3v) is 6.26. The van der Waals surface area contributed by atoms with Gasteiger partial charge in [0.25, 0.3) is 0 Å². The van der Waals surface area contributed by atoms with Crippen molar-refractivity contribution < 1.29 is 42.1 Å². The van der Waals surface area contributed by atoms with E-state index in [1.54, 1.807) is 6.07 Å². The molecular weight excluding hydrogens is 553 g/mol. The largest absolute Gasteiger partial charge is 0.492 e. The molecule has 0 aliphatic carbocycles. The van der Waals surface area contributed by atoms with E-state index in [9.17, 15) is 22.4 Å². The normalized spacial score (nSPS) is 15.6. The van der Waals surface area contributed by atoms with Crippen molar-refractivity contribution >= 4 is 46.7 Å². The zero-order chi connectivity index (χ0) is 27.2. The van der Waals surface area contributed by atoms with Gasteiger partial charge < -0.3 is 14.9 Å². The molecule has 0 spiro atoms. The lowest BCUT2D eigenvalue weighted by molar-refractivity contribution is -0.192. The second kappa shape index (κ2) is 12.8. The molecule has 0 bridgehead atoms. The van der Waals surface area contributed by atoms with E-state index in [0.717, 1.165) is 43.6 Å². The van der Waals surface area contributed by atoms with Crippen LogP contribution in [0, 0.1) is 11.7 Å². The van der Waals surface area contributed by atoms with Crippen LogP contribution in [0.4, 0.5) is 17.6 Å². The number of ether oxygens (including phenoxy) is 1. The van der Waals surface area contributed by atoms with E-state index < -0.39 is 29.5 Å². The summed E-state index contributed by atoms with van der Waals surface area (Å²) in [6.45, 7) is 4.31. The van der Waals surface area contributed by atoms with Crippen molar-refractivity contribution in [3.63, 3.8) is 0 Å². The van der Waals surface area contributed by atoms with Crippen molar-refractivity contribution in [1.82, 2.24) is 4.90 Å². The molecule has 1 atom stereocenters. The molecule has 0 radical (unpaired) electrons. The Balaban J connectivity index is 0.000000572. The van der Waals surface area contributed by atoms with Gasteiger partial charge in [0.1, 0.15) is 11.6 Å². The molecule has 2 aromatic rings. The van der Waals surface area contributed by atoms with Gasteiger partial charge in [0.05, 0.1) is 17.2 Å². The summed E-state index contributed by atoms with van der Waals surface area (Å²) in [5.41, 5.74) is 0.615. The number of nitrogens with zero attached hydrogens (tertiary/aromatic N) is 1. The number of carboxylic acid groups (broad SMARTS) is 2. The third-order valence-electron chi connectivity index (χ3n) is 5.53. The number of likely N-dealkylation sites (tertiary alicyclic amines) is 1. The topological polar surface area (TPSA) is 87.1 Å². The standard InChI is InChI=1S/C21H21Cl3FNO3.C2HF3O2/c1-12(14-6-15(22)8-16(23)7-14)26-4-2-13(3-5-26)11-29-20-10-19(25)17(21(27)28)9-18(20)24;3-2(4,5)1(6)7/h6-10,12-13H,2-5,11H2,1H3,(H,27,28);(H,6,7)/t12-;/m0./s1. The second-order valence-corrected chi connectivity index (χ2v) is 9.32. The van der Waals surface area contributed by atoms with E-state index in [0.29, 0.717) is 22.6 Å². The van der Waals surface area contributed by atoms with Crippen molar-refractivity contribution in [3.05, 3.63) is 62.3 Å². The number of carboxylic acids is 2. The van der Waals surface area contributed by atoms with Gasteiger partial charge in [0.2, 0.25) is 0 Å². The Hall–Kier alpha value is -2.27. The maximum atomic E-state index is 13.9. The Morgan fingerprint density at radius 3 is 2.06 bits per heavy atom. The van der Waals surface area contributed by atoms with Crippen LogP contribution in [-0.2, 0) is 4.79 Å². The summed E-state index contributed by atoms with van der Waals surface area (Å²) in [5, 5.41) is 17.4. The highest BCUT2D eigenvalue weighted by molar-refractivity contribution is 6.34. The van der Waals surface area contributed by atoms with E-state index in [1.165, 1.54) is 0 Å². The number of benzene rings is 2. The Labute approximate surface area is 219 Å². The number of aliphatic carboxylic acids is 1. The molecule has 0 saturated carbocycles. The van der Waals surface area contributed by atoms with Gasteiger partial charge >= 0.3 is 18.1 Å². The first-order valence-electron chi connectivity index (χ1n) is 10.5. The number of alkyl halides is 3. The third kappa shape index (κ3) is 8.69. The summed E-state index contributed by atoms with van der Waals surface area (Å²) in [7, 11) is 0. The van der Waals surface area contributed by atoms with Crippen LogP contribution in [0.2, 0.25) is 15.1 Å². The Kier molecular flexibility index (Phi) is 10.7. The number of aromatic carboxylic acids is 1. The number of carbonyl (C=O) groups is 2. The molecule has 6 nitrogen and oxygen atoms in total. The number of hydrogen-bond acceptors (Lipinski definition) is 4. The molecule has 13 heteroatoms. The summed E-state index contributed by atoms with van der Waals surface area (Å²) in [6.07, 6.45) is -3.24. The molecular formula is C23H22Cl3F4NO5. The average molecular weight is 575 g/mol. The molecule has 1 aliphatic rings. The SMILES string of the molecule is C[C@@H](c1cc(Cl)cc(Cl)c1)N1CCC(COc2cc(F)c(C(=O)O)cc2Cl)CC1.O=C(O)C(F)(F)F. The summed E-state index contributed by atoms with van der Waals surface area (Å²) in [4.78, 5) is 22.2. The van der Waals surface area contributed by atoms with Crippen LogP contribution < -0.4 is 4.74 Å². The fourth-order valence-electron chi connectivity index (χ4n) is 3.54. The van der Waals surface area contributed by atoms with Crippen LogP contribution in [0.15, 0.2) is 30.3 Å². The van der Waals surface area contributed by atoms with E-state index in [2.05, 4.69) is 11.8 Å². The summed E-state index contributed by atoms with van der Waals surface area (Å²) in [5.74, 6) is -4.51. The summed E-state index contributed by atoms with van der Waals surface area (Å²) in [6, 6.07) is 7.90. The first-order chi connectivity index (χ1) is 16.7. The van der Waals surface area contributed by atoms with Crippen molar-refractivity contribution in [1.29, 1.82) is 0 Å². The number of halogens is 7. The van der Waals surface area contributed by atoms with E-state index in [-0.39, 0.29) is 16.8 Å². The molecule has 2 N–H and O–H groups in total. The fraction of sp³-hybridized carbons (Fsp3) is 0.391. The van der Waals surface area contributed by atoms with Crippen LogP contribution in [-0.4, -0.2) is 52.9 Å². The summed E-state index contributed by atoms with van der Waals surface area (Å²) < 4.78 is 51.3. The van der Waals surface area contributed by atoms with Gasteiger partial charge in [-0.1, -0.05) is 34.8 Å². The number of rotatable bonds is 6. The first-order valence-corrected chi connectivity index (χ1v) is 11.7. The van der Waals surface area contributed by atoms with Gasteiger partial charge in [-0.15, -0.1) is 0 Å². The first kappa shape index (κ1) is 30.0. The molecule has 0 unspecified atom stereocenters. The number of hydrogen-bond donors (Lipinski definition) is 2. The van der Waals surface area contributed by atoms with Crippen molar-refractivity contribution in [2.75, 3.05) is 19.7 Å². The monoisotopic (exact) mass is 573 g/mol. The second-order valence-electron chi connectivity index (χ2n) is 8.04. The minimum Gasteiger partial charge on any atom is -0.492 e. The quantitative estimate of drug-likeness (QED) is 0.363. The van der Waals surface area contributed by atoms with Crippen LogP contribution in [0.25, 0.3) is 0 Å². The van der Waals surface area contributed by atoms with E-state index >= 15 is 0 Å². The van der Waals surface area contributed by atoms with Crippen LogP contribution >= 0.6 is 34.8 Å². The van der Waals surface area contributed by atoms with Crippen LogP contribution in [0.5, 0.6) is 5.75 Å². The predicted molar refractivity (Wildman–Crippen MR) is 127 cm³/mol. The lowest BCUT2D eigenvalue weighted by Gasteiger charge is -2.36. The van der Waals surface area contributed by atoms with Crippen molar-refractivity contribution in [2.45, 2.75) is 32.0 Å². The highest BCUT2D eigenvalue weighted by atomic mass is 35.5. The number of piperidine rings is 1. The molecule has 1 heterocycles. The molecule has 0 amide bonds. The molecule has 1 fully saturated rings. The van der Waals surface area contributed by atoms with E-state index in [4.69, 9.17) is 54.5 Å². The highest BCUT2D eigenvalue weighted by Crippen LogP contribution is 2.32. The molecule has 3 rings (SSSR count). The Morgan fingerprint density at radius 1 is 1.06 bits per heavy atom. The minimum absolute atomic E-state index is 0.0905. The smallest absolute Gasteiger partial charge is 0.490 e. The van der Waals surface area contributed by atoms with Crippen molar-refractivity contribution in [2.24, 2.45) is 5.92 Å². The minimum atomic E-state index is -5.08. The summed E-state index contributed by atoms with van der Waals surface area (Å²) >= 11 is 18.3. The van der Waals surface area contributed by atoms with Gasteiger partial charge in [-0.25, -0.2) is 14.0 Å². The van der Waals surface area contributed by atoms with Gasteiger partial charge in [-0.05, 0) is 68.6 Å². The zero-order valence-electron chi connectivity index (χ0n) is 18.8. The molecule has 198 valence electrons. The van der Waals surface area contributed by atoms with E-state index in [1.807, 2.05) is 12.1 Å². The van der Waals surface area contributed by atoms with Crippen molar-refractivity contribution in [3.8, 4) is 5.75 Å². The van der Waals surface area contributed by atoms with Crippen LogP contribution in [0.3, 0.4) is 0 Å². The Morgan fingerprint density at radius 2 is 1.58 bits per heavy atom. The zero-order valence-corrected chi connectivity index (χ0v) is 21.1. The lowest BCUT2D eigenvalue weighted by Crippen LogP contribution is -2.37. The molecule has 36 heavy (non-hydrogen) atoms. The fourth-order valence-corrected chi connectivity index (χ4v) is 4.31. The predicted octanol–water partition coefficient (Wildman–Crippen LogP) is 6.97. The molecule has 1 saturated heterocycles. The maximum Gasteiger partial charge on any atom is 0.490 e. The van der Waals surface area contributed by atoms with Crippen LogP contribution in [0.1, 0.15) is 41.7 Å².